The van der Waals surface area contributed by atoms with E-state index >= 15 is 0 Å². The van der Waals surface area contributed by atoms with Crippen LogP contribution in [-0.2, 0) is 9.59 Å². The lowest BCUT2D eigenvalue weighted by Crippen LogP contribution is -2.52. The molecule has 1 N–H and O–H groups in total. The third kappa shape index (κ3) is 5.78. The Kier molecular flexibility index (Phi) is 7.89. The van der Waals surface area contributed by atoms with Crippen molar-refractivity contribution >= 4 is 17.5 Å². The fourth-order valence-electron chi connectivity index (χ4n) is 5.42. The quantitative estimate of drug-likeness (QED) is 0.444. The number of hydrogen-bond acceptors (Lipinski definition) is 5. The summed E-state index contributed by atoms with van der Waals surface area (Å²) >= 11 is 0. The molecule has 0 spiro atoms. The Morgan fingerprint density at radius 1 is 1.00 bits per heavy atom. The maximum atomic E-state index is 13.7. The highest BCUT2D eigenvalue weighted by Gasteiger charge is 2.34. The van der Waals surface area contributed by atoms with Crippen LogP contribution in [0.25, 0.3) is 11.1 Å². The van der Waals surface area contributed by atoms with Crippen molar-refractivity contribution in [3.05, 3.63) is 77.4 Å². The van der Waals surface area contributed by atoms with Crippen molar-refractivity contribution < 1.29 is 19.1 Å². The van der Waals surface area contributed by atoms with Gasteiger partial charge in [0.25, 0.3) is 5.91 Å². The molecule has 1 saturated heterocycles. The summed E-state index contributed by atoms with van der Waals surface area (Å²) in [5.41, 5.74) is 5.98. The SMILES string of the molecule is COc1cccc(-c2ccc(C(CN3CCCC3)NC(=O)C(C)N3C(=O)COc4cc(C)c(C)cc43)cc2)c1. The molecule has 2 amide bonds. The van der Waals surface area contributed by atoms with Gasteiger partial charge in [-0.25, -0.2) is 0 Å². The Hall–Kier alpha value is -3.84. The fraction of sp³-hybridized carbons (Fsp3) is 0.375. The number of fused-ring (bicyclic) bond motifs is 1. The molecule has 2 unspecified atom stereocenters. The van der Waals surface area contributed by atoms with Gasteiger partial charge in [0.05, 0.1) is 18.8 Å². The largest absolute Gasteiger partial charge is 0.497 e. The van der Waals surface area contributed by atoms with Gasteiger partial charge in [-0.1, -0.05) is 36.4 Å². The number of amides is 2. The lowest BCUT2D eigenvalue weighted by molar-refractivity contribution is -0.128. The van der Waals surface area contributed by atoms with E-state index in [1.165, 1.54) is 12.8 Å². The standard InChI is InChI=1S/C32H37N3O4/c1-21-16-29-30(17-22(21)2)39-20-31(36)35(29)23(3)32(37)33-28(19-34-14-5-6-15-34)25-12-10-24(11-13-25)26-8-7-9-27(18-26)38-4/h7-13,16-18,23,28H,5-6,14-15,19-20H2,1-4H3,(H,33,37). The molecular formula is C32H37N3O4. The molecule has 7 nitrogen and oxygen atoms in total. The van der Waals surface area contributed by atoms with E-state index in [1.54, 1.807) is 18.9 Å². The number of rotatable bonds is 8. The first-order valence-corrected chi connectivity index (χ1v) is 13.7. The van der Waals surface area contributed by atoms with Gasteiger partial charge in [0.15, 0.2) is 6.61 Å². The number of anilines is 1. The van der Waals surface area contributed by atoms with E-state index in [0.717, 1.165) is 53.2 Å². The van der Waals surface area contributed by atoms with Crippen molar-refractivity contribution in [1.82, 2.24) is 10.2 Å². The van der Waals surface area contributed by atoms with E-state index in [1.807, 2.05) is 44.2 Å². The maximum absolute atomic E-state index is 13.7. The first-order chi connectivity index (χ1) is 18.8. The van der Waals surface area contributed by atoms with Crippen molar-refractivity contribution in [3.8, 4) is 22.6 Å². The Bertz CT molecular complexity index is 1350. The topological polar surface area (TPSA) is 71.1 Å². The van der Waals surface area contributed by atoms with E-state index < -0.39 is 6.04 Å². The molecular weight excluding hydrogens is 490 g/mol. The zero-order valence-electron chi connectivity index (χ0n) is 23.2. The summed E-state index contributed by atoms with van der Waals surface area (Å²) in [6, 6.07) is 19.3. The molecule has 5 rings (SSSR count). The molecule has 2 atom stereocenters. The van der Waals surface area contributed by atoms with Gasteiger partial charge in [-0.15, -0.1) is 0 Å². The second-order valence-corrected chi connectivity index (χ2v) is 10.6. The summed E-state index contributed by atoms with van der Waals surface area (Å²) in [5, 5.41) is 3.28. The molecule has 0 bridgehead atoms. The van der Waals surface area contributed by atoms with Gasteiger partial charge in [0, 0.05) is 6.54 Å². The van der Waals surface area contributed by atoms with Crippen LogP contribution in [0.5, 0.6) is 11.5 Å². The Morgan fingerprint density at radius 2 is 1.72 bits per heavy atom. The number of nitrogens with zero attached hydrogens (tertiary/aromatic N) is 2. The smallest absolute Gasteiger partial charge is 0.265 e. The van der Waals surface area contributed by atoms with Gasteiger partial charge in [0.1, 0.15) is 17.5 Å². The van der Waals surface area contributed by atoms with E-state index in [9.17, 15) is 9.59 Å². The summed E-state index contributed by atoms with van der Waals surface area (Å²) in [6.07, 6.45) is 2.34. The van der Waals surface area contributed by atoms with Gasteiger partial charge < -0.3 is 19.7 Å². The number of aryl methyl sites for hydroxylation is 2. The predicted octanol–water partition coefficient (Wildman–Crippen LogP) is 5.05. The number of methoxy groups -OCH3 is 1. The fourth-order valence-corrected chi connectivity index (χ4v) is 5.42. The zero-order valence-corrected chi connectivity index (χ0v) is 23.2. The Labute approximate surface area is 230 Å². The minimum atomic E-state index is -0.681. The normalized spacial score (nSPS) is 16.8. The van der Waals surface area contributed by atoms with Gasteiger partial charge in [-0.05, 0) is 98.8 Å². The number of hydrogen-bond donors (Lipinski definition) is 1. The first-order valence-electron chi connectivity index (χ1n) is 13.7. The van der Waals surface area contributed by atoms with Crippen molar-refractivity contribution in [1.29, 1.82) is 0 Å². The first kappa shape index (κ1) is 26.8. The van der Waals surface area contributed by atoms with Crippen LogP contribution >= 0.6 is 0 Å². The molecule has 2 aliphatic rings. The Balaban J connectivity index is 1.38. The average molecular weight is 528 g/mol. The minimum Gasteiger partial charge on any atom is -0.497 e. The third-order valence-electron chi connectivity index (χ3n) is 7.89. The van der Waals surface area contributed by atoms with Crippen LogP contribution in [0.3, 0.4) is 0 Å². The van der Waals surface area contributed by atoms with Crippen LogP contribution in [0.15, 0.2) is 60.7 Å². The second kappa shape index (κ2) is 11.5. The summed E-state index contributed by atoms with van der Waals surface area (Å²) in [5.74, 6) is 1.05. The highest BCUT2D eigenvalue weighted by atomic mass is 16.5. The summed E-state index contributed by atoms with van der Waals surface area (Å²) in [4.78, 5) is 30.6. The van der Waals surface area contributed by atoms with Crippen LogP contribution in [0, 0.1) is 13.8 Å². The number of carbonyl (C=O) groups is 2. The van der Waals surface area contributed by atoms with Crippen molar-refractivity contribution in [2.45, 2.75) is 45.7 Å². The molecule has 3 aromatic rings. The number of nitrogens with one attached hydrogen (secondary N) is 1. The molecule has 0 radical (unpaired) electrons. The highest BCUT2D eigenvalue weighted by Crippen LogP contribution is 2.36. The van der Waals surface area contributed by atoms with Gasteiger partial charge >= 0.3 is 0 Å². The van der Waals surface area contributed by atoms with E-state index in [0.29, 0.717) is 11.4 Å². The summed E-state index contributed by atoms with van der Waals surface area (Å²) < 4.78 is 11.1. The van der Waals surface area contributed by atoms with Crippen LogP contribution in [0.1, 0.15) is 42.5 Å². The summed E-state index contributed by atoms with van der Waals surface area (Å²) in [6.45, 7) is 8.50. The van der Waals surface area contributed by atoms with Crippen LogP contribution < -0.4 is 19.7 Å². The molecule has 3 aromatic carbocycles. The lowest BCUT2D eigenvalue weighted by Gasteiger charge is -2.35. The van der Waals surface area contributed by atoms with Gasteiger partial charge in [-0.3, -0.25) is 14.5 Å². The van der Waals surface area contributed by atoms with Crippen LogP contribution in [0.4, 0.5) is 5.69 Å². The lowest BCUT2D eigenvalue weighted by atomic mass is 9.99. The highest BCUT2D eigenvalue weighted by molar-refractivity contribution is 6.03. The van der Waals surface area contributed by atoms with Gasteiger partial charge in [-0.2, -0.15) is 0 Å². The third-order valence-corrected chi connectivity index (χ3v) is 7.89. The zero-order chi connectivity index (χ0) is 27.5. The Morgan fingerprint density at radius 3 is 2.44 bits per heavy atom. The van der Waals surface area contributed by atoms with Crippen molar-refractivity contribution in [2.24, 2.45) is 0 Å². The monoisotopic (exact) mass is 527 g/mol. The van der Waals surface area contributed by atoms with Crippen LogP contribution in [0.2, 0.25) is 0 Å². The number of carbonyl (C=O) groups excluding carboxylic acids is 2. The maximum Gasteiger partial charge on any atom is 0.265 e. The number of ether oxygens (including phenoxy) is 2. The van der Waals surface area contributed by atoms with E-state index in [2.05, 4.69) is 40.5 Å². The molecule has 0 aromatic heterocycles. The molecule has 2 aliphatic heterocycles. The van der Waals surface area contributed by atoms with Crippen molar-refractivity contribution in [2.75, 3.05) is 38.3 Å². The van der Waals surface area contributed by atoms with E-state index in [4.69, 9.17) is 9.47 Å². The molecule has 0 saturated carbocycles. The molecule has 204 valence electrons. The van der Waals surface area contributed by atoms with E-state index in [-0.39, 0.29) is 24.5 Å². The van der Waals surface area contributed by atoms with Gasteiger partial charge in [0.2, 0.25) is 5.91 Å². The number of likely N-dealkylation sites (tertiary alicyclic amines) is 1. The summed E-state index contributed by atoms with van der Waals surface area (Å²) in [7, 11) is 1.67. The molecule has 1 fully saturated rings. The molecule has 39 heavy (non-hydrogen) atoms. The van der Waals surface area contributed by atoms with Crippen molar-refractivity contribution in [3.63, 3.8) is 0 Å². The number of benzene rings is 3. The molecule has 7 heteroatoms. The average Bonchev–Trinajstić information content (AvgIpc) is 3.46. The minimum absolute atomic E-state index is 0.0734. The molecule has 0 aliphatic carbocycles. The second-order valence-electron chi connectivity index (χ2n) is 10.6. The molecule has 2 heterocycles. The van der Waals surface area contributed by atoms with Crippen LogP contribution in [-0.4, -0.2) is 56.1 Å². The predicted molar refractivity (Wildman–Crippen MR) is 153 cm³/mol.